The molecular formula is C14H10N2O. The lowest BCUT2D eigenvalue weighted by atomic mass is 10.0. The highest BCUT2D eigenvalue weighted by Crippen LogP contribution is 2.16. The lowest BCUT2D eigenvalue weighted by Crippen LogP contribution is -2.02. The van der Waals surface area contributed by atoms with Gasteiger partial charge in [-0.3, -0.25) is 4.79 Å². The molecule has 0 bridgehead atoms. The first kappa shape index (κ1) is 10.9. The summed E-state index contributed by atoms with van der Waals surface area (Å²) in [5.74, 6) is -0.0956. The van der Waals surface area contributed by atoms with Crippen molar-refractivity contribution in [2.75, 3.05) is 5.73 Å². The number of nitrogens with zero attached hydrogens (tertiary/aromatic N) is 1. The molecule has 0 aliphatic heterocycles. The summed E-state index contributed by atoms with van der Waals surface area (Å²) in [5.41, 5.74) is 7.49. The monoisotopic (exact) mass is 222 g/mol. The molecule has 0 atom stereocenters. The maximum absolute atomic E-state index is 12.1. The Bertz CT molecular complexity index is 597. The second-order valence-electron chi connectivity index (χ2n) is 3.61. The largest absolute Gasteiger partial charge is 0.398 e. The van der Waals surface area contributed by atoms with Crippen molar-refractivity contribution in [2.45, 2.75) is 0 Å². The number of carbonyl (C=O) groups excluding carboxylic acids is 1. The van der Waals surface area contributed by atoms with E-state index in [1.54, 1.807) is 36.4 Å². The molecule has 82 valence electrons. The molecule has 0 unspecified atom stereocenters. The average Bonchev–Trinajstić information content (AvgIpc) is 2.39. The van der Waals surface area contributed by atoms with Gasteiger partial charge in [-0.15, -0.1) is 0 Å². The summed E-state index contributed by atoms with van der Waals surface area (Å²) < 4.78 is 0. The Morgan fingerprint density at radius 3 is 2.35 bits per heavy atom. The van der Waals surface area contributed by atoms with Crippen LogP contribution in [0.3, 0.4) is 0 Å². The number of nitriles is 1. The number of nitrogens with two attached hydrogens (primary N) is 1. The summed E-state index contributed by atoms with van der Waals surface area (Å²) in [4.78, 5) is 12.1. The molecule has 17 heavy (non-hydrogen) atoms. The Kier molecular flexibility index (Phi) is 2.89. The zero-order chi connectivity index (χ0) is 12.3. The zero-order valence-corrected chi connectivity index (χ0v) is 9.05. The normalized spacial score (nSPS) is 9.59. The fraction of sp³-hybridized carbons (Fsp3) is 0. The molecule has 0 aliphatic rings. The molecule has 2 aromatic carbocycles. The standard InChI is InChI=1S/C14H10N2O/c15-9-12-7-6-11(8-13(12)16)14(17)10-4-2-1-3-5-10/h1-8H,16H2. The van der Waals surface area contributed by atoms with Crippen molar-refractivity contribution in [1.29, 1.82) is 5.26 Å². The molecule has 0 amide bonds. The van der Waals surface area contributed by atoms with Gasteiger partial charge in [0.05, 0.1) is 11.3 Å². The molecule has 2 N–H and O–H groups in total. The van der Waals surface area contributed by atoms with E-state index < -0.39 is 0 Å². The Balaban J connectivity index is 2.40. The third-order valence-electron chi connectivity index (χ3n) is 2.47. The molecule has 0 radical (unpaired) electrons. The van der Waals surface area contributed by atoms with Gasteiger partial charge in [-0.05, 0) is 18.2 Å². The van der Waals surface area contributed by atoms with Crippen LogP contribution in [0.5, 0.6) is 0 Å². The van der Waals surface area contributed by atoms with Gasteiger partial charge in [-0.25, -0.2) is 0 Å². The fourth-order valence-corrected chi connectivity index (χ4v) is 1.56. The highest BCUT2D eigenvalue weighted by atomic mass is 16.1. The first-order valence-corrected chi connectivity index (χ1v) is 5.12. The maximum atomic E-state index is 12.1. The first-order chi connectivity index (χ1) is 8.22. The second kappa shape index (κ2) is 4.50. The van der Waals surface area contributed by atoms with E-state index in [-0.39, 0.29) is 5.78 Å². The van der Waals surface area contributed by atoms with Gasteiger partial charge in [0.15, 0.2) is 5.78 Å². The Morgan fingerprint density at radius 1 is 1.06 bits per heavy atom. The number of hydrogen-bond donors (Lipinski definition) is 1. The lowest BCUT2D eigenvalue weighted by molar-refractivity contribution is 0.103. The maximum Gasteiger partial charge on any atom is 0.193 e. The predicted octanol–water partition coefficient (Wildman–Crippen LogP) is 2.37. The molecular weight excluding hydrogens is 212 g/mol. The van der Waals surface area contributed by atoms with Crippen LogP contribution in [0.15, 0.2) is 48.5 Å². The Labute approximate surface area is 99.1 Å². The minimum atomic E-state index is -0.0956. The van der Waals surface area contributed by atoms with Gasteiger partial charge >= 0.3 is 0 Å². The molecule has 3 nitrogen and oxygen atoms in total. The van der Waals surface area contributed by atoms with Crippen molar-refractivity contribution in [3.8, 4) is 6.07 Å². The van der Waals surface area contributed by atoms with E-state index in [1.807, 2.05) is 12.1 Å². The van der Waals surface area contributed by atoms with Crippen LogP contribution in [-0.4, -0.2) is 5.78 Å². The van der Waals surface area contributed by atoms with Crippen LogP contribution in [0.2, 0.25) is 0 Å². The average molecular weight is 222 g/mol. The van der Waals surface area contributed by atoms with Gasteiger partial charge < -0.3 is 5.73 Å². The quantitative estimate of drug-likeness (QED) is 0.626. The molecule has 0 saturated heterocycles. The summed E-state index contributed by atoms with van der Waals surface area (Å²) in [7, 11) is 0. The highest BCUT2D eigenvalue weighted by Gasteiger charge is 2.09. The summed E-state index contributed by atoms with van der Waals surface area (Å²) >= 11 is 0. The number of hydrogen-bond acceptors (Lipinski definition) is 3. The zero-order valence-electron chi connectivity index (χ0n) is 9.05. The Hall–Kier alpha value is -2.60. The van der Waals surface area contributed by atoms with E-state index in [2.05, 4.69) is 0 Å². The second-order valence-corrected chi connectivity index (χ2v) is 3.61. The summed E-state index contributed by atoms with van der Waals surface area (Å²) in [6.07, 6.45) is 0. The third-order valence-corrected chi connectivity index (χ3v) is 2.47. The van der Waals surface area contributed by atoms with Crippen LogP contribution >= 0.6 is 0 Å². The van der Waals surface area contributed by atoms with E-state index in [0.717, 1.165) is 0 Å². The van der Waals surface area contributed by atoms with Crippen molar-refractivity contribution in [3.05, 3.63) is 65.2 Å². The molecule has 2 rings (SSSR count). The third kappa shape index (κ3) is 2.16. The molecule has 3 heteroatoms. The van der Waals surface area contributed by atoms with E-state index in [4.69, 9.17) is 11.0 Å². The van der Waals surface area contributed by atoms with Crippen LogP contribution in [0, 0.1) is 11.3 Å². The number of benzene rings is 2. The topological polar surface area (TPSA) is 66.9 Å². The van der Waals surface area contributed by atoms with Gasteiger partial charge in [0.2, 0.25) is 0 Å². The van der Waals surface area contributed by atoms with Gasteiger partial charge in [0, 0.05) is 11.1 Å². The number of carbonyl (C=O) groups is 1. The lowest BCUT2D eigenvalue weighted by Gasteiger charge is -2.03. The molecule has 0 spiro atoms. The molecule has 0 saturated carbocycles. The van der Waals surface area contributed by atoms with Crippen molar-refractivity contribution in [2.24, 2.45) is 0 Å². The van der Waals surface area contributed by atoms with E-state index in [9.17, 15) is 4.79 Å². The molecule has 0 aromatic heterocycles. The molecule has 0 heterocycles. The van der Waals surface area contributed by atoms with Crippen LogP contribution in [-0.2, 0) is 0 Å². The van der Waals surface area contributed by atoms with Crippen LogP contribution in [0.4, 0.5) is 5.69 Å². The highest BCUT2D eigenvalue weighted by molar-refractivity contribution is 6.09. The summed E-state index contributed by atoms with van der Waals surface area (Å²) in [5, 5.41) is 8.75. The van der Waals surface area contributed by atoms with E-state index in [1.165, 1.54) is 6.07 Å². The number of ketones is 1. The molecule has 2 aromatic rings. The SMILES string of the molecule is N#Cc1ccc(C(=O)c2ccccc2)cc1N. The summed E-state index contributed by atoms with van der Waals surface area (Å²) in [6.45, 7) is 0. The van der Waals surface area contributed by atoms with Crippen molar-refractivity contribution in [1.82, 2.24) is 0 Å². The number of anilines is 1. The number of rotatable bonds is 2. The van der Waals surface area contributed by atoms with Gasteiger partial charge in [0.1, 0.15) is 6.07 Å². The van der Waals surface area contributed by atoms with Crippen molar-refractivity contribution in [3.63, 3.8) is 0 Å². The van der Waals surface area contributed by atoms with E-state index >= 15 is 0 Å². The van der Waals surface area contributed by atoms with Gasteiger partial charge in [-0.1, -0.05) is 30.3 Å². The van der Waals surface area contributed by atoms with Gasteiger partial charge in [-0.2, -0.15) is 5.26 Å². The van der Waals surface area contributed by atoms with E-state index in [0.29, 0.717) is 22.4 Å². The molecule has 0 fully saturated rings. The fourth-order valence-electron chi connectivity index (χ4n) is 1.56. The first-order valence-electron chi connectivity index (χ1n) is 5.12. The van der Waals surface area contributed by atoms with Gasteiger partial charge in [0.25, 0.3) is 0 Å². The Morgan fingerprint density at radius 2 is 1.76 bits per heavy atom. The predicted molar refractivity (Wildman–Crippen MR) is 65.4 cm³/mol. The summed E-state index contributed by atoms with van der Waals surface area (Å²) in [6, 6.07) is 15.6. The molecule has 0 aliphatic carbocycles. The number of nitrogen functional groups attached to an aromatic ring is 1. The minimum Gasteiger partial charge on any atom is -0.398 e. The van der Waals surface area contributed by atoms with Crippen LogP contribution < -0.4 is 5.73 Å². The smallest absolute Gasteiger partial charge is 0.193 e. The van der Waals surface area contributed by atoms with Crippen LogP contribution in [0.1, 0.15) is 21.5 Å². The van der Waals surface area contributed by atoms with Crippen molar-refractivity contribution < 1.29 is 4.79 Å². The van der Waals surface area contributed by atoms with Crippen molar-refractivity contribution >= 4 is 11.5 Å². The minimum absolute atomic E-state index is 0.0956. The van der Waals surface area contributed by atoms with Crippen LogP contribution in [0.25, 0.3) is 0 Å².